The van der Waals surface area contributed by atoms with Crippen molar-refractivity contribution in [2.75, 3.05) is 19.8 Å². The van der Waals surface area contributed by atoms with Gasteiger partial charge in [0.15, 0.2) is 5.78 Å². The Kier molecular flexibility index (Phi) is 4.05. The third-order valence-corrected chi connectivity index (χ3v) is 2.27. The second-order valence-electron chi connectivity index (χ2n) is 3.84. The van der Waals surface area contributed by atoms with Gasteiger partial charge in [0.1, 0.15) is 0 Å². The molecular formula is C12H16N2O2. The van der Waals surface area contributed by atoms with Crippen LogP contribution in [0.4, 0.5) is 5.69 Å². The van der Waals surface area contributed by atoms with Crippen LogP contribution in [0.2, 0.25) is 0 Å². The monoisotopic (exact) mass is 220 g/mol. The molecule has 1 aromatic carbocycles. The molecule has 0 bridgehead atoms. The van der Waals surface area contributed by atoms with Crippen molar-refractivity contribution in [2.45, 2.75) is 12.8 Å². The summed E-state index contributed by atoms with van der Waals surface area (Å²) in [5.41, 5.74) is 6.69. The van der Waals surface area contributed by atoms with Gasteiger partial charge in [0, 0.05) is 38.2 Å². The lowest BCUT2D eigenvalue weighted by Crippen LogP contribution is -2.22. The molecule has 0 fully saturated rings. The number of rotatable bonds is 4. The lowest BCUT2D eigenvalue weighted by Gasteiger charge is -2.09. The number of hydrogen-bond donors (Lipinski definition) is 1. The van der Waals surface area contributed by atoms with E-state index in [0.29, 0.717) is 11.3 Å². The summed E-state index contributed by atoms with van der Waals surface area (Å²) in [6, 6.07) is 6.79. The Bertz CT molecular complexity index is 400. The van der Waals surface area contributed by atoms with Crippen LogP contribution < -0.4 is 5.73 Å². The van der Waals surface area contributed by atoms with Crippen molar-refractivity contribution in [2.24, 2.45) is 0 Å². The average molecular weight is 220 g/mol. The minimum absolute atomic E-state index is 0.0442. The summed E-state index contributed by atoms with van der Waals surface area (Å²) < 4.78 is 0. The van der Waals surface area contributed by atoms with Gasteiger partial charge >= 0.3 is 0 Å². The zero-order chi connectivity index (χ0) is 12.1. The van der Waals surface area contributed by atoms with E-state index in [9.17, 15) is 9.59 Å². The molecule has 0 aliphatic heterocycles. The maximum atomic E-state index is 11.7. The van der Waals surface area contributed by atoms with E-state index in [0.717, 1.165) is 0 Å². The zero-order valence-electron chi connectivity index (χ0n) is 9.56. The molecule has 0 atom stereocenters. The van der Waals surface area contributed by atoms with Gasteiger partial charge in [-0.05, 0) is 12.1 Å². The number of Topliss-reactive ketones (excluding diaryl/α,β-unsaturated/α-hetero) is 1. The summed E-state index contributed by atoms with van der Waals surface area (Å²) >= 11 is 0. The molecule has 0 unspecified atom stereocenters. The summed E-state index contributed by atoms with van der Waals surface area (Å²) in [7, 11) is 3.35. The van der Waals surface area contributed by atoms with Crippen molar-refractivity contribution in [1.29, 1.82) is 0 Å². The van der Waals surface area contributed by atoms with Crippen molar-refractivity contribution < 1.29 is 9.59 Å². The number of benzene rings is 1. The highest BCUT2D eigenvalue weighted by Gasteiger charge is 2.10. The Hall–Kier alpha value is -1.84. The second kappa shape index (κ2) is 5.30. The zero-order valence-corrected chi connectivity index (χ0v) is 9.56. The van der Waals surface area contributed by atoms with Gasteiger partial charge in [-0.3, -0.25) is 9.59 Å². The molecule has 0 aliphatic rings. The van der Waals surface area contributed by atoms with Crippen LogP contribution in [0.25, 0.3) is 0 Å². The van der Waals surface area contributed by atoms with Crippen LogP contribution in [-0.2, 0) is 4.79 Å². The Morgan fingerprint density at radius 3 is 2.50 bits per heavy atom. The molecule has 4 heteroatoms. The van der Waals surface area contributed by atoms with Crippen LogP contribution in [0.15, 0.2) is 24.3 Å². The molecule has 0 heterocycles. The van der Waals surface area contributed by atoms with E-state index in [1.54, 1.807) is 38.4 Å². The number of carbonyl (C=O) groups is 2. The van der Waals surface area contributed by atoms with Crippen molar-refractivity contribution >= 4 is 17.4 Å². The van der Waals surface area contributed by atoms with Gasteiger partial charge in [0.25, 0.3) is 0 Å². The lowest BCUT2D eigenvalue weighted by atomic mass is 10.1. The first-order valence-corrected chi connectivity index (χ1v) is 5.09. The maximum Gasteiger partial charge on any atom is 0.222 e. The van der Waals surface area contributed by atoms with Crippen LogP contribution in [0.1, 0.15) is 23.2 Å². The van der Waals surface area contributed by atoms with Crippen molar-refractivity contribution in [1.82, 2.24) is 4.90 Å². The number of nitrogens with two attached hydrogens (primary N) is 1. The highest BCUT2D eigenvalue weighted by Crippen LogP contribution is 2.10. The molecule has 0 radical (unpaired) electrons. The first-order valence-electron chi connectivity index (χ1n) is 5.09. The SMILES string of the molecule is CN(C)C(=O)CCC(=O)c1cccc(N)c1. The Morgan fingerprint density at radius 2 is 1.94 bits per heavy atom. The van der Waals surface area contributed by atoms with Crippen molar-refractivity contribution in [3.05, 3.63) is 29.8 Å². The fraction of sp³-hybridized carbons (Fsp3) is 0.333. The van der Waals surface area contributed by atoms with Gasteiger partial charge < -0.3 is 10.6 Å². The highest BCUT2D eigenvalue weighted by molar-refractivity contribution is 5.98. The van der Waals surface area contributed by atoms with Crippen LogP contribution in [0.5, 0.6) is 0 Å². The molecule has 0 aliphatic carbocycles. The normalized spacial score (nSPS) is 9.88. The Morgan fingerprint density at radius 1 is 1.25 bits per heavy atom. The molecule has 0 aromatic heterocycles. The number of amides is 1. The predicted octanol–water partition coefficient (Wildman–Crippen LogP) is 1.32. The van der Waals surface area contributed by atoms with E-state index in [1.807, 2.05) is 0 Å². The quantitative estimate of drug-likeness (QED) is 0.615. The maximum absolute atomic E-state index is 11.7. The van der Waals surface area contributed by atoms with Crippen molar-refractivity contribution in [3.8, 4) is 0 Å². The topological polar surface area (TPSA) is 63.4 Å². The molecule has 2 N–H and O–H groups in total. The number of hydrogen-bond acceptors (Lipinski definition) is 3. The fourth-order valence-electron chi connectivity index (χ4n) is 1.30. The van der Waals surface area contributed by atoms with E-state index in [4.69, 9.17) is 5.73 Å². The van der Waals surface area contributed by atoms with Crippen LogP contribution in [0, 0.1) is 0 Å². The molecule has 0 spiro atoms. The van der Waals surface area contributed by atoms with Gasteiger partial charge in [-0.25, -0.2) is 0 Å². The summed E-state index contributed by atoms with van der Waals surface area (Å²) in [4.78, 5) is 24.5. The van der Waals surface area contributed by atoms with Gasteiger partial charge in [-0.15, -0.1) is 0 Å². The third kappa shape index (κ3) is 3.38. The minimum Gasteiger partial charge on any atom is -0.399 e. The van der Waals surface area contributed by atoms with E-state index in [2.05, 4.69) is 0 Å². The molecule has 4 nitrogen and oxygen atoms in total. The van der Waals surface area contributed by atoms with E-state index >= 15 is 0 Å². The summed E-state index contributed by atoms with van der Waals surface area (Å²) in [5, 5.41) is 0. The minimum atomic E-state index is -0.0532. The largest absolute Gasteiger partial charge is 0.399 e. The summed E-state index contributed by atoms with van der Waals surface area (Å²) in [6.45, 7) is 0. The third-order valence-electron chi connectivity index (χ3n) is 2.27. The smallest absolute Gasteiger partial charge is 0.222 e. The van der Waals surface area contributed by atoms with Crippen molar-refractivity contribution in [3.63, 3.8) is 0 Å². The first kappa shape index (κ1) is 12.2. The molecule has 0 saturated carbocycles. The number of anilines is 1. The molecule has 0 saturated heterocycles. The van der Waals surface area contributed by atoms with Gasteiger partial charge in [0.05, 0.1) is 0 Å². The first-order chi connectivity index (χ1) is 7.50. The average Bonchev–Trinajstić information content (AvgIpc) is 2.25. The molecule has 16 heavy (non-hydrogen) atoms. The number of ketones is 1. The van der Waals surface area contributed by atoms with Crippen LogP contribution >= 0.6 is 0 Å². The lowest BCUT2D eigenvalue weighted by molar-refractivity contribution is -0.128. The number of nitrogens with zero attached hydrogens (tertiary/aromatic N) is 1. The van der Waals surface area contributed by atoms with Gasteiger partial charge in [-0.2, -0.15) is 0 Å². The van der Waals surface area contributed by atoms with Gasteiger partial charge in [-0.1, -0.05) is 12.1 Å². The number of nitrogen functional groups attached to an aromatic ring is 1. The van der Waals surface area contributed by atoms with Crippen LogP contribution in [0.3, 0.4) is 0 Å². The van der Waals surface area contributed by atoms with Crippen LogP contribution in [-0.4, -0.2) is 30.7 Å². The summed E-state index contributed by atoms with van der Waals surface area (Å²) in [5.74, 6) is -0.0975. The molecule has 1 amide bonds. The molecular weight excluding hydrogens is 204 g/mol. The highest BCUT2D eigenvalue weighted by atomic mass is 16.2. The number of carbonyl (C=O) groups excluding carboxylic acids is 2. The molecule has 86 valence electrons. The predicted molar refractivity (Wildman–Crippen MR) is 63.1 cm³/mol. The van der Waals surface area contributed by atoms with E-state index in [-0.39, 0.29) is 24.5 Å². The Balaban J connectivity index is 2.57. The second-order valence-corrected chi connectivity index (χ2v) is 3.84. The molecule has 1 aromatic rings. The van der Waals surface area contributed by atoms with Gasteiger partial charge in [0.2, 0.25) is 5.91 Å². The molecule has 1 rings (SSSR count). The Labute approximate surface area is 95.0 Å². The van der Waals surface area contributed by atoms with E-state index in [1.165, 1.54) is 4.90 Å². The van der Waals surface area contributed by atoms with E-state index < -0.39 is 0 Å². The standard InChI is InChI=1S/C12H16N2O2/c1-14(2)12(16)7-6-11(15)9-4-3-5-10(13)8-9/h3-5,8H,6-7,13H2,1-2H3. The fourth-order valence-corrected chi connectivity index (χ4v) is 1.30. The summed E-state index contributed by atoms with van der Waals surface area (Å²) in [6.07, 6.45) is 0.459.